The molecule has 166 valence electrons. The second-order valence-corrected chi connectivity index (χ2v) is 6.28. The van der Waals surface area contributed by atoms with Crippen LogP contribution in [-0.2, 0) is 19.1 Å². The summed E-state index contributed by atoms with van der Waals surface area (Å²) in [7, 11) is 1.11. The van der Waals surface area contributed by atoms with Crippen LogP contribution in [0.5, 0.6) is 5.75 Å². The summed E-state index contributed by atoms with van der Waals surface area (Å²) in [6.45, 7) is -4.05. The molecule has 3 N–H and O–H groups in total. The molecule has 0 bridgehead atoms. The van der Waals surface area contributed by atoms with Crippen molar-refractivity contribution in [3.8, 4) is 5.75 Å². The molecule has 0 unspecified atom stereocenters. The van der Waals surface area contributed by atoms with Crippen molar-refractivity contribution in [3.63, 3.8) is 0 Å². The molecule has 9 nitrogen and oxygen atoms in total. The fourth-order valence-electron chi connectivity index (χ4n) is 2.86. The van der Waals surface area contributed by atoms with Gasteiger partial charge in [0, 0.05) is 18.3 Å². The van der Waals surface area contributed by atoms with Gasteiger partial charge in [0.15, 0.2) is 11.8 Å². The summed E-state index contributed by atoms with van der Waals surface area (Å²) in [5, 5.41) is 2.25. The molecule has 3 amide bonds. The van der Waals surface area contributed by atoms with Gasteiger partial charge in [0.2, 0.25) is 5.91 Å². The number of carbonyl (C=O) groups excluding carboxylic acids is 3. The van der Waals surface area contributed by atoms with E-state index in [-0.39, 0.29) is 31.1 Å². The Kier molecular flexibility index (Phi) is 7.94. The Bertz CT molecular complexity index is 795. The summed E-state index contributed by atoms with van der Waals surface area (Å²) >= 11 is 0. The summed E-state index contributed by atoms with van der Waals surface area (Å²) in [4.78, 5) is 37.9. The van der Waals surface area contributed by atoms with E-state index in [9.17, 15) is 31.9 Å². The first kappa shape index (κ1) is 23.3. The summed E-state index contributed by atoms with van der Waals surface area (Å²) in [6.07, 6.45) is -2.82. The van der Waals surface area contributed by atoms with Crippen molar-refractivity contribution in [1.29, 1.82) is 0 Å². The number of alkyl halides is 4. The number of nitrogens with one attached hydrogen (secondary N) is 1. The van der Waals surface area contributed by atoms with Gasteiger partial charge < -0.3 is 25.4 Å². The number of amides is 3. The Morgan fingerprint density at radius 3 is 2.60 bits per heavy atom. The number of primary amides is 1. The molecule has 0 aliphatic carbocycles. The van der Waals surface area contributed by atoms with Gasteiger partial charge in [-0.25, -0.2) is 8.78 Å². The Morgan fingerprint density at radius 1 is 1.33 bits per heavy atom. The van der Waals surface area contributed by atoms with Crippen molar-refractivity contribution in [2.24, 2.45) is 5.73 Å². The van der Waals surface area contributed by atoms with Crippen molar-refractivity contribution < 1.29 is 41.4 Å². The highest BCUT2D eigenvalue weighted by molar-refractivity contribution is 6.09. The molecule has 0 aromatic heterocycles. The van der Waals surface area contributed by atoms with Gasteiger partial charge in [0.1, 0.15) is 6.61 Å². The van der Waals surface area contributed by atoms with Crippen LogP contribution in [0.4, 0.5) is 28.9 Å². The number of carbonyl (C=O) groups is 3. The van der Waals surface area contributed by atoms with E-state index < -0.39 is 49.1 Å². The number of hydrogen-bond acceptors (Lipinski definition) is 6. The summed E-state index contributed by atoms with van der Waals surface area (Å²) in [6, 6.07) is 1.84. The van der Waals surface area contributed by atoms with Crippen LogP contribution in [-0.4, -0.2) is 75.1 Å². The lowest BCUT2D eigenvalue weighted by Gasteiger charge is -2.29. The molecule has 2 rings (SSSR count). The fourth-order valence-corrected chi connectivity index (χ4v) is 2.86. The molecule has 1 aliphatic rings. The molecule has 1 heterocycles. The Balaban J connectivity index is 2.27. The lowest BCUT2D eigenvalue weighted by molar-refractivity contribution is -0.132. The lowest BCUT2D eigenvalue weighted by atomic mass is 10.2. The van der Waals surface area contributed by atoms with Gasteiger partial charge in [0.05, 0.1) is 18.8 Å². The molecular weight excluding hydrogens is 416 g/mol. The SMILES string of the molecule is CN(CC(F)F)[C@H](C(N)=O)C(=O)Nc1ccc(N2CCOCC2=O)c(OC(F)F)c1. The zero-order chi connectivity index (χ0) is 22.4. The van der Waals surface area contributed by atoms with Gasteiger partial charge in [-0.1, -0.05) is 0 Å². The predicted octanol–water partition coefficient (Wildman–Crippen LogP) is 0.640. The second-order valence-electron chi connectivity index (χ2n) is 6.28. The van der Waals surface area contributed by atoms with Gasteiger partial charge in [0.25, 0.3) is 18.2 Å². The van der Waals surface area contributed by atoms with Crippen LogP contribution in [0, 0.1) is 0 Å². The van der Waals surface area contributed by atoms with Gasteiger partial charge in [-0.05, 0) is 19.2 Å². The molecule has 1 fully saturated rings. The van der Waals surface area contributed by atoms with Crippen molar-refractivity contribution in [1.82, 2.24) is 4.90 Å². The number of likely N-dealkylation sites (N-methyl/N-ethyl adjacent to an activating group) is 1. The van der Waals surface area contributed by atoms with E-state index >= 15 is 0 Å². The van der Waals surface area contributed by atoms with E-state index in [1.54, 1.807) is 0 Å². The Hall–Kier alpha value is -2.93. The quantitative estimate of drug-likeness (QED) is 0.434. The number of halogens is 4. The Morgan fingerprint density at radius 2 is 2.03 bits per heavy atom. The van der Waals surface area contributed by atoms with E-state index in [0.717, 1.165) is 18.0 Å². The smallest absolute Gasteiger partial charge is 0.387 e. The molecule has 30 heavy (non-hydrogen) atoms. The van der Waals surface area contributed by atoms with E-state index in [2.05, 4.69) is 10.1 Å². The molecule has 0 radical (unpaired) electrons. The highest BCUT2D eigenvalue weighted by Crippen LogP contribution is 2.33. The number of rotatable bonds is 9. The maximum atomic E-state index is 12.8. The first-order valence-electron chi connectivity index (χ1n) is 8.65. The Labute approximate surface area is 168 Å². The van der Waals surface area contributed by atoms with E-state index in [4.69, 9.17) is 10.5 Å². The average molecular weight is 436 g/mol. The third-order valence-corrected chi connectivity index (χ3v) is 4.10. The van der Waals surface area contributed by atoms with Gasteiger partial charge >= 0.3 is 6.61 Å². The molecule has 13 heteroatoms. The van der Waals surface area contributed by atoms with Gasteiger partial charge in [-0.15, -0.1) is 0 Å². The summed E-state index contributed by atoms with van der Waals surface area (Å²) < 4.78 is 60.3. The molecule has 1 aliphatic heterocycles. The van der Waals surface area contributed by atoms with Crippen molar-refractivity contribution in [2.45, 2.75) is 19.1 Å². The minimum atomic E-state index is -3.22. The number of benzene rings is 1. The van der Waals surface area contributed by atoms with Gasteiger partial charge in [-0.3, -0.25) is 19.3 Å². The number of nitrogens with zero attached hydrogens (tertiary/aromatic N) is 2. The number of nitrogens with two attached hydrogens (primary N) is 1. The number of hydrogen-bond donors (Lipinski definition) is 2. The number of ether oxygens (including phenoxy) is 2. The third-order valence-electron chi connectivity index (χ3n) is 4.10. The molecule has 0 saturated carbocycles. The topological polar surface area (TPSA) is 114 Å². The van der Waals surface area contributed by atoms with Crippen LogP contribution >= 0.6 is 0 Å². The average Bonchev–Trinajstić information content (AvgIpc) is 2.61. The normalized spacial score (nSPS) is 15.6. The second kappa shape index (κ2) is 10.2. The van der Waals surface area contributed by atoms with Crippen LogP contribution in [0.3, 0.4) is 0 Å². The molecule has 1 saturated heterocycles. The predicted molar refractivity (Wildman–Crippen MR) is 96.5 cm³/mol. The summed E-state index contributed by atoms with van der Waals surface area (Å²) in [5.41, 5.74) is 5.09. The highest BCUT2D eigenvalue weighted by atomic mass is 19.3. The largest absolute Gasteiger partial charge is 0.433 e. The highest BCUT2D eigenvalue weighted by Gasteiger charge is 2.31. The molecule has 0 spiro atoms. The van der Waals surface area contributed by atoms with Crippen molar-refractivity contribution in [2.75, 3.05) is 43.6 Å². The summed E-state index contributed by atoms with van der Waals surface area (Å²) in [5.74, 6) is -3.09. The molecule has 1 aromatic rings. The first-order valence-corrected chi connectivity index (χ1v) is 8.65. The monoisotopic (exact) mass is 436 g/mol. The van der Waals surface area contributed by atoms with Crippen molar-refractivity contribution in [3.05, 3.63) is 18.2 Å². The van der Waals surface area contributed by atoms with Gasteiger partial charge in [-0.2, -0.15) is 8.78 Å². The fraction of sp³-hybridized carbons (Fsp3) is 0.471. The third kappa shape index (κ3) is 6.03. The van der Waals surface area contributed by atoms with Crippen LogP contribution in [0.1, 0.15) is 0 Å². The van der Waals surface area contributed by atoms with E-state index in [0.29, 0.717) is 0 Å². The van der Waals surface area contributed by atoms with Crippen LogP contribution in [0.15, 0.2) is 18.2 Å². The maximum absolute atomic E-state index is 12.8. The van der Waals surface area contributed by atoms with Crippen LogP contribution in [0.2, 0.25) is 0 Å². The van der Waals surface area contributed by atoms with Crippen molar-refractivity contribution >= 4 is 29.1 Å². The molecular formula is C17H20F4N4O5. The lowest BCUT2D eigenvalue weighted by Crippen LogP contribution is -2.51. The number of morpholine rings is 1. The minimum Gasteiger partial charge on any atom is -0.433 e. The van der Waals surface area contributed by atoms with E-state index in [1.165, 1.54) is 17.0 Å². The van der Waals surface area contributed by atoms with Crippen LogP contribution in [0.25, 0.3) is 0 Å². The molecule has 1 aromatic carbocycles. The standard InChI is InChI=1S/C17H20F4N4O5/c1-24(7-12(18)19)14(15(22)27)16(28)23-9-2-3-10(11(6-9)30-17(20)21)25-4-5-29-8-13(25)26/h2-3,6,12,14,17H,4-5,7-8H2,1H3,(H2,22,27)(H,23,28)/t14-/m1/s1. The maximum Gasteiger partial charge on any atom is 0.387 e. The number of anilines is 2. The van der Waals surface area contributed by atoms with Crippen LogP contribution < -0.4 is 20.7 Å². The zero-order valence-corrected chi connectivity index (χ0v) is 15.8. The minimum absolute atomic E-state index is 0.0304. The first-order chi connectivity index (χ1) is 14.1. The molecule has 1 atom stereocenters. The zero-order valence-electron chi connectivity index (χ0n) is 15.8. The van der Waals surface area contributed by atoms with E-state index in [1.807, 2.05) is 0 Å².